The Kier molecular flexibility index (Phi) is 13.3. The van der Waals surface area contributed by atoms with Crippen molar-refractivity contribution >= 4 is 11.7 Å². The maximum absolute atomic E-state index is 12.1. The third kappa shape index (κ3) is 11.5. The van der Waals surface area contributed by atoms with E-state index in [1.165, 1.54) is 48.6 Å². The van der Waals surface area contributed by atoms with E-state index in [4.69, 9.17) is 4.74 Å². The van der Waals surface area contributed by atoms with Gasteiger partial charge in [-0.1, -0.05) is 102 Å². The predicted octanol–water partition coefficient (Wildman–Crippen LogP) is 7.82. The maximum Gasteiger partial charge on any atom is 0.322 e. The highest BCUT2D eigenvalue weighted by atomic mass is 16.5. The van der Waals surface area contributed by atoms with Crippen molar-refractivity contribution in [1.29, 1.82) is 0 Å². The fraction of sp³-hybridized carbons (Fsp3) is 0.390. The molecule has 0 spiro atoms. The lowest BCUT2D eigenvalue weighted by Gasteiger charge is -2.24. The van der Waals surface area contributed by atoms with Gasteiger partial charge in [0.05, 0.1) is 13.2 Å². The predicted molar refractivity (Wildman–Crippen MR) is 203 cm³/mol. The van der Waals surface area contributed by atoms with Gasteiger partial charge in [-0.05, 0) is 59.2 Å². The van der Waals surface area contributed by atoms with Gasteiger partial charge < -0.3 is 20.5 Å². The van der Waals surface area contributed by atoms with Crippen LogP contribution in [0.5, 0.6) is 5.75 Å². The van der Waals surface area contributed by atoms with E-state index in [1.807, 2.05) is 48.8 Å². The molecule has 10 nitrogen and oxygen atoms in total. The molecule has 0 amide bonds. The summed E-state index contributed by atoms with van der Waals surface area (Å²) >= 11 is 0. The van der Waals surface area contributed by atoms with Crippen molar-refractivity contribution in [2.45, 2.75) is 90.3 Å². The Balaban J connectivity index is 1.21. The summed E-state index contributed by atoms with van der Waals surface area (Å²) in [7, 11) is 0. The van der Waals surface area contributed by atoms with Crippen LogP contribution in [-0.4, -0.2) is 61.0 Å². The first-order valence-corrected chi connectivity index (χ1v) is 18.0. The summed E-state index contributed by atoms with van der Waals surface area (Å²) in [5.41, 5.74) is 6.29. The topological polar surface area (TPSA) is 127 Å². The van der Waals surface area contributed by atoms with E-state index in [0.29, 0.717) is 18.8 Å². The van der Waals surface area contributed by atoms with E-state index in [9.17, 15) is 9.90 Å². The third-order valence-electron chi connectivity index (χ3n) is 8.92. The molecule has 2 heterocycles. The Morgan fingerprint density at radius 1 is 0.863 bits per heavy atom. The number of hydrogen-bond donors (Lipinski definition) is 3. The summed E-state index contributed by atoms with van der Waals surface area (Å²) in [4.78, 5) is 25.4. The number of carboxylic acid groups (broad SMARTS) is 1. The fourth-order valence-corrected chi connectivity index (χ4v) is 5.84. The van der Waals surface area contributed by atoms with Crippen LogP contribution >= 0.6 is 0 Å². The number of nitrogens with zero attached hydrogens (tertiary/aromatic N) is 5. The number of aliphatic carboxylic acids is 1. The molecule has 5 rings (SSSR count). The first kappa shape index (κ1) is 37.2. The molecule has 0 aliphatic heterocycles. The number of rotatable bonds is 19. The van der Waals surface area contributed by atoms with Crippen molar-refractivity contribution in [1.82, 2.24) is 30.0 Å². The molecule has 51 heavy (non-hydrogen) atoms. The molecule has 0 aliphatic rings. The first-order valence-electron chi connectivity index (χ1n) is 18.0. The molecule has 0 aliphatic carbocycles. The van der Waals surface area contributed by atoms with Gasteiger partial charge in [-0.3, -0.25) is 9.48 Å². The zero-order chi connectivity index (χ0) is 36.1. The Morgan fingerprint density at radius 3 is 2.18 bits per heavy atom. The molecule has 1 unspecified atom stereocenters. The lowest BCUT2D eigenvalue weighted by atomic mass is 9.87. The highest BCUT2D eigenvalue weighted by molar-refractivity contribution is 5.73. The number of anilines is 1. The number of nitrogens with one attached hydrogen (secondary N) is 2. The van der Waals surface area contributed by atoms with Crippen molar-refractivity contribution in [2.75, 3.05) is 18.5 Å². The molecular weight excluding hydrogens is 638 g/mol. The van der Waals surface area contributed by atoms with Crippen LogP contribution in [0.15, 0.2) is 97.8 Å². The molecule has 10 heteroatoms. The second-order valence-electron chi connectivity index (χ2n) is 14.1. The Bertz CT molecular complexity index is 1750. The van der Waals surface area contributed by atoms with Crippen molar-refractivity contribution in [2.24, 2.45) is 0 Å². The third-order valence-corrected chi connectivity index (χ3v) is 8.92. The highest BCUT2D eigenvalue weighted by Crippen LogP contribution is 2.25. The summed E-state index contributed by atoms with van der Waals surface area (Å²) in [6.45, 7) is 10.1. The Morgan fingerprint density at radius 2 is 1.55 bits per heavy atom. The molecule has 5 aromatic rings. The van der Waals surface area contributed by atoms with E-state index >= 15 is 0 Å². The van der Waals surface area contributed by atoms with Gasteiger partial charge in [0.25, 0.3) is 0 Å². The van der Waals surface area contributed by atoms with Gasteiger partial charge in [0, 0.05) is 41.8 Å². The van der Waals surface area contributed by atoms with Gasteiger partial charge >= 0.3 is 5.97 Å². The normalized spacial score (nSPS) is 12.7. The summed E-state index contributed by atoms with van der Waals surface area (Å²) < 4.78 is 7.44. The molecule has 268 valence electrons. The molecule has 3 aromatic carbocycles. The standard InChI is InChI=1S/C41H51N7O3/c1-5-6-7-8-9-22-51-37-20-14-31(15-21-37)33-24-44-39(45-25-33)32-12-10-30(11-13-32)23-36(47-35-18-16-34(17-19-35)41(2,3)4)26-43-38(40(49)50)27-48-29-42-28-46-48/h10-21,24-25,28-29,36,38,43,47H,5-9,22-23,26-27H2,1-4H3,(H,49,50)/t36-,38?/m0/s1. The highest BCUT2D eigenvalue weighted by Gasteiger charge is 2.21. The molecule has 2 atom stereocenters. The van der Waals surface area contributed by atoms with Gasteiger partial charge in [-0.2, -0.15) is 5.10 Å². The van der Waals surface area contributed by atoms with Crippen molar-refractivity contribution in [3.05, 3.63) is 109 Å². The molecule has 2 aromatic heterocycles. The van der Waals surface area contributed by atoms with Crippen LogP contribution < -0.4 is 15.4 Å². The van der Waals surface area contributed by atoms with Gasteiger partial charge in [0.15, 0.2) is 5.82 Å². The second kappa shape index (κ2) is 18.2. The fourth-order valence-electron chi connectivity index (χ4n) is 5.84. The van der Waals surface area contributed by atoms with Gasteiger partial charge in [0.1, 0.15) is 24.4 Å². The Hall–Kier alpha value is -5.09. The minimum absolute atomic E-state index is 0.0507. The molecule has 0 bridgehead atoms. The van der Waals surface area contributed by atoms with Crippen LogP contribution in [0, 0.1) is 0 Å². The summed E-state index contributed by atoms with van der Waals surface area (Å²) in [6.07, 6.45) is 13.4. The molecule has 0 fully saturated rings. The number of hydrogen-bond acceptors (Lipinski definition) is 8. The van der Waals surface area contributed by atoms with E-state index in [1.54, 1.807) is 0 Å². The number of carbonyl (C=O) groups is 1. The molecule has 0 saturated carbocycles. The van der Waals surface area contributed by atoms with E-state index in [0.717, 1.165) is 46.7 Å². The lowest BCUT2D eigenvalue weighted by molar-refractivity contribution is -0.139. The van der Waals surface area contributed by atoms with Gasteiger partial charge in [-0.15, -0.1) is 0 Å². The molecule has 0 saturated heterocycles. The van der Waals surface area contributed by atoms with E-state index in [2.05, 4.69) is 94.8 Å². The number of aromatic nitrogens is 5. The van der Waals surface area contributed by atoms with Crippen LogP contribution in [0.1, 0.15) is 70.9 Å². The average molecular weight is 690 g/mol. The quantitative estimate of drug-likeness (QED) is 0.0744. The molecule has 0 radical (unpaired) electrons. The minimum Gasteiger partial charge on any atom is -0.494 e. The van der Waals surface area contributed by atoms with Crippen LogP contribution in [0.4, 0.5) is 5.69 Å². The maximum atomic E-state index is 12.1. The first-order chi connectivity index (χ1) is 24.7. The lowest BCUT2D eigenvalue weighted by Crippen LogP contribution is -2.46. The van der Waals surface area contributed by atoms with Crippen LogP contribution in [0.2, 0.25) is 0 Å². The van der Waals surface area contributed by atoms with Crippen molar-refractivity contribution < 1.29 is 14.6 Å². The van der Waals surface area contributed by atoms with E-state index < -0.39 is 12.0 Å². The zero-order valence-electron chi connectivity index (χ0n) is 30.3. The second-order valence-corrected chi connectivity index (χ2v) is 14.1. The summed E-state index contributed by atoms with van der Waals surface area (Å²) in [6, 6.07) is 23.9. The summed E-state index contributed by atoms with van der Waals surface area (Å²) in [5, 5.41) is 20.8. The van der Waals surface area contributed by atoms with Crippen molar-refractivity contribution in [3.63, 3.8) is 0 Å². The van der Waals surface area contributed by atoms with Gasteiger partial charge in [0.2, 0.25) is 0 Å². The molecule has 3 N–H and O–H groups in total. The van der Waals surface area contributed by atoms with E-state index in [-0.39, 0.29) is 18.0 Å². The minimum atomic E-state index is -0.941. The number of benzene rings is 3. The van der Waals surface area contributed by atoms with Crippen molar-refractivity contribution in [3.8, 4) is 28.3 Å². The largest absolute Gasteiger partial charge is 0.494 e. The number of unbranched alkanes of at least 4 members (excludes halogenated alkanes) is 4. The average Bonchev–Trinajstić information content (AvgIpc) is 3.65. The summed E-state index contributed by atoms with van der Waals surface area (Å²) in [5.74, 6) is 0.594. The monoisotopic (exact) mass is 689 g/mol. The van der Waals surface area contributed by atoms with Gasteiger partial charge in [-0.25, -0.2) is 15.0 Å². The van der Waals surface area contributed by atoms with Crippen LogP contribution in [0.25, 0.3) is 22.5 Å². The smallest absolute Gasteiger partial charge is 0.322 e. The Labute approximate surface area is 301 Å². The van der Waals surface area contributed by atoms with Crippen LogP contribution in [-0.2, 0) is 23.2 Å². The number of ether oxygens (including phenoxy) is 1. The number of carboxylic acids is 1. The zero-order valence-corrected chi connectivity index (χ0v) is 30.3. The SMILES string of the molecule is CCCCCCCOc1ccc(-c2cnc(-c3ccc(C[C@@H](CNC(Cn4cncn4)C(=O)O)Nc4ccc(C(C)(C)C)cc4)cc3)nc2)cc1. The van der Waals surface area contributed by atoms with Crippen LogP contribution in [0.3, 0.4) is 0 Å². The molecular formula is C41H51N7O3.